The van der Waals surface area contributed by atoms with Gasteiger partial charge < -0.3 is 9.88 Å². The van der Waals surface area contributed by atoms with Gasteiger partial charge in [-0.05, 0) is 36.5 Å². The monoisotopic (exact) mass is 334 g/mol. The normalized spacial score (nSPS) is 13.0. The molecule has 1 amide bonds. The van der Waals surface area contributed by atoms with Gasteiger partial charge in [0.2, 0.25) is 5.95 Å². The number of nitrogens with zero attached hydrogens (tertiary/aromatic N) is 2. The smallest absolute Gasteiger partial charge is 0.258 e. The fraction of sp³-hybridized carbons (Fsp3) is 0.412. The van der Waals surface area contributed by atoms with Gasteiger partial charge in [-0.1, -0.05) is 19.9 Å². The second kappa shape index (κ2) is 7.51. The first-order valence-corrected chi connectivity index (χ1v) is 7.83. The molecule has 2 N–H and O–H groups in total. The first-order valence-electron chi connectivity index (χ1n) is 7.83. The van der Waals surface area contributed by atoms with Crippen molar-refractivity contribution >= 4 is 29.9 Å². The van der Waals surface area contributed by atoms with Crippen LogP contribution in [0.4, 0.5) is 11.6 Å². The standard InChI is InChI=1S/C17H22N4O.ClH/c1-12(2)11-21-10-9-19-17(21)20-16(22)14-5-3-7-15-13(14)6-4-8-18-15;/h3,5,7,9-10,12,18H,4,6,8,11H2,1-2H3,(H,19,20,22);1H. The molecule has 0 fully saturated rings. The summed E-state index contributed by atoms with van der Waals surface area (Å²) in [6.07, 6.45) is 5.61. The molecular weight excluding hydrogens is 312 g/mol. The van der Waals surface area contributed by atoms with Crippen molar-refractivity contribution in [2.24, 2.45) is 5.92 Å². The molecule has 1 aliphatic heterocycles. The Balaban J connectivity index is 0.00000192. The van der Waals surface area contributed by atoms with Gasteiger partial charge in [-0.2, -0.15) is 0 Å². The van der Waals surface area contributed by atoms with Gasteiger partial charge in [-0.3, -0.25) is 10.1 Å². The molecule has 0 bridgehead atoms. The molecule has 124 valence electrons. The Kier molecular flexibility index (Phi) is 5.66. The lowest BCUT2D eigenvalue weighted by Crippen LogP contribution is -2.21. The van der Waals surface area contributed by atoms with Crippen molar-refractivity contribution in [3.05, 3.63) is 41.7 Å². The van der Waals surface area contributed by atoms with Crippen LogP contribution in [0.25, 0.3) is 0 Å². The molecule has 0 aliphatic carbocycles. The second-order valence-corrected chi connectivity index (χ2v) is 6.11. The van der Waals surface area contributed by atoms with E-state index in [0.717, 1.165) is 42.7 Å². The predicted molar refractivity (Wildman–Crippen MR) is 95.5 cm³/mol. The molecule has 0 unspecified atom stereocenters. The van der Waals surface area contributed by atoms with E-state index in [1.807, 2.05) is 29.0 Å². The number of hydrogen-bond acceptors (Lipinski definition) is 3. The molecule has 0 spiro atoms. The summed E-state index contributed by atoms with van der Waals surface area (Å²) in [6.45, 7) is 6.09. The van der Waals surface area contributed by atoms with Gasteiger partial charge >= 0.3 is 0 Å². The van der Waals surface area contributed by atoms with Crippen molar-refractivity contribution in [3.8, 4) is 0 Å². The third kappa shape index (κ3) is 3.85. The number of amides is 1. The maximum atomic E-state index is 12.6. The van der Waals surface area contributed by atoms with Crippen molar-refractivity contribution in [1.29, 1.82) is 0 Å². The van der Waals surface area contributed by atoms with E-state index in [-0.39, 0.29) is 18.3 Å². The number of aromatic nitrogens is 2. The number of anilines is 2. The molecule has 23 heavy (non-hydrogen) atoms. The first-order chi connectivity index (χ1) is 10.6. The molecule has 6 heteroatoms. The summed E-state index contributed by atoms with van der Waals surface area (Å²) >= 11 is 0. The third-order valence-electron chi connectivity index (χ3n) is 3.84. The number of imidazole rings is 1. The van der Waals surface area contributed by atoms with Crippen LogP contribution in [0.5, 0.6) is 0 Å². The van der Waals surface area contributed by atoms with Gasteiger partial charge in [0.1, 0.15) is 0 Å². The van der Waals surface area contributed by atoms with Crippen molar-refractivity contribution in [3.63, 3.8) is 0 Å². The largest absolute Gasteiger partial charge is 0.385 e. The Morgan fingerprint density at radius 3 is 3.04 bits per heavy atom. The molecule has 0 saturated carbocycles. The van der Waals surface area contributed by atoms with Crippen LogP contribution < -0.4 is 10.6 Å². The van der Waals surface area contributed by atoms with Crippen LogP contribution in [0.3, 0.4) is 0 Å². The van der Waals surface area contributed by atoms with Crippen molar-refractivity contribution in [1.82, 2.24) is 9.55 Å². The Bertz CT molecular complexity index is 681. The van der Waals surface area contributed by atoms with Gasteiger partial charge in [-0.15, -0.1) is 12.4 Å². The van der Waals surface area contributed by atoms with Crippen LogP contribution in [0, 0.1) is 5.92 Å². The highest BCUT2D eigenvalue weighted by molar-refractivity contribution is 6.05. The molecule has 2 aromatic rings. The van der Waals surface area contributed by atoms with E-state index in [2.05, 4.69) is 29.5 Å². The summed E-state index contributed by atoms with van der Waals surface area (Å²) in [4.78, 5) is 16.9. The van der Waals surface area contributed by atoms with Gasteiger partial charge in [-0.25, -0.2) is 4.98 Å². The van der Waals surface area contributed by atoms with Gasteiger partial charge in [0, 0.05) is 36.7 Å². The number of benzene rings is 1. The number of hydrogen-bond donors (Lipinski definition) is 2. The predicted octanol–water partition coefficient (Wildman–Crippen LogP) is 3.57. The third-order valence-corrected chi connectivity index (χ3v) is 3.84. The molecule has 1 aromatic heterocycles. The number of carbonyl (C=O) groups is 1. The number of fused-ring (bicyclic) bond motifs is 1. The highest BCUT2D eigenvalue weighted by Gasteiger charge is 2.18. The maximum Gasteiger partial charge on any atom is 0.258 e. The average molecular weight is 335 g/mol. The zero-order valence-electron chi connectivity index (χ0n) is 13.5. The summed E-state index contributed by atoms with van der Waals surface area (Å²) in [6, 6.07) is 5.84. The Morgan fingerprint density at radius 1 is 1.43 bits per heavy atom. The van der Waals surface area contributed by atoms with Crippen LogP contribution in [-0.4, -0.2) is 22.0 Å². The minimum Gasteiger partial charge on any atom is -0.385 e. The molecule has 0 saturated heterocycles. The molecule has 1 aromatic carbocycles. The minimum absolute atomic E-state index is 0. The van der Waals surface area contributed by atoms with E-state index in [9.17, 15) is 4.79 Å². The highest BCUT2D eigenvalue weighted by atomic mass is 35.5. The first kappa shape index (κ1) is 17.3. The van der Waals surface area contributed by atoms with Crippen LogP contribution in [0.1, 0.15) is 36.2 Å². The van der Waals surface area contributed by atoms with E-state index in [4.69, 9.17) is 0 Å². The van der Waals surface area contributed by atoms with Crippen LogP contribution in [-0.2, 0) is 13.0 Å². The summed E-state index contributed by atoms with van der Waals surface area (Å²) in [5.41, 5.74) is 2.92. The lowest BCUT2D eigenvalue weighted by Gasteiger charge is -2.20. The molecule has 5 nitrogen and oxygen atoms in total. The van der Waals surface area contributed by atoms with E-state index in [1.54, 1.807) is 6.20 Å². The molecule has 1 aliphatic rings. The average Bonchev–Trinajstić information content (AvgIpc) is 2.93. The topological polar surface area (TPSA) is 59.0 Å². The van der Waals surface area contributed by atoms with Crippen LogP contribution in [0.2, 0.25) is 0 Å². The van der Waals surface area contributed by atoms with E-state index in [1.165, 1.54) is 0 Å². The summed E-state index contributed by atoms with van der Waals surface area (Å²) in [5, 5.41) is 6.30. The van der Waals surface area contributed by atoms with Gasteiger partial charge in [0.15, 0.2) is 0 Å². The van der Waals surface area contributed by atoms with E-state index < -0.39 is 0 Å². The van der Waals surface area contributed by atoms with Crippen molar-refractivity contribution in [2.75, 3.05) is 17.2 Å². The summed E-state index contributed by atoms with van der Waals surface area (Å²) < 4.78 is 1.98. The number of halogens is 1. The van der Waals surface area contributed by atoms with Crippen LogP contribution >= 0.6 is 12.4 Å². The fourth-order valence-corrected chi connectivity index (χ4v) is 2.87. The molecule has 2 heterocycles. The Labute approximate surface area is 142 Å². The van der Waals surface area contributed by atoms with Crippen LogP contribution in [0.15, 0.2) is 30.6 Å². The Morgan fingerprint density at radius 2 is 2.26 bits per heavy atom. The molecule has 0 radical (unpaired) electrons. The molecule has 0 atom stereocenters. The van der Waals surface area contributed by atoms with E-state index >= 15 is 0 Å². The number of carbonyl (C=O) groups excluding carboxylic acids is 1. The SMILES string of the molecule is CC(C)Cn1ccnc1NC(=O)c1cccc2c1CCCN2.Cl. The zero-order valence-corrected chi connectivity index (χ0v) is 14.3. The van der Waals surface area contributed by atoms with Crippen molar-refractivity contribution in [2.45, 2.75) is 33.2 Å². The molecular formula is C17H23ClN4O. The van der Waals surface area contributed by atoms with Gasteiger partial charge in [0.25, 0.3) is 5.91 Å². The van der Waals surface area contributed by atoms with E-state index in [0.29, 0.717) is 11.9 Å². The fourth-order valence-electron chi connectivity index (χ4n) is 2.87. The lowest BCUT2D eigenvalue weighted by atomic mass is 9.97. The van der Waals surface area contributed by atoms with Crippen molar-refractivity contribution < 1.29 is 4.79 Å². The quantitative estimate of drug-likeness (QED) is 0.898. The maximum absolute atomic E-state index is 12.6. The molecule has 3 rings (SSSR count). The minimum atomic E-state index is -0.0863. The second-order valence-electron chi connectivity index (χ2n) is 6.11. The Hall–Kier alpha value is -2.01. The highest BCUT2D eigenvalue weighted by Crippen LogP contribution is 2.25. The summed E-state index contributed by atoms with van der Waals surface area (Å²) in [7, 11) is 0. The number of nitrogens with one attached hydrogen (secondary N) is 2. The van der Waals surface area contributed by atoms with Gasteiger partial charge in [0.05, 0.1) is 0 Å². The number of rotatable bonds is 4. The zero-order chi connectivity index (χ0) is 15.5. The summed E-state index contributed by atoms with van der Waals surface area (Å²) in [5.74, 6) is 1.02. The lowest BCUT2D eigenvalue weighted by molar-refractivity contribution is 0.102.